The highest BCUT2D eigenvalue weighted by molar-refractivity contribution is 7.20. The van der Waals surface area contributed by atoms with Crippen molar-refractivity contribution in [3.63, 3.8) is 0 Å². The first kappa shape index (κ1) is 11.3. The molecule has 18 heavy (non-hydrogen) atoms. The first-order valence-corrected chi connectivity index (χ1v) is 7.11. The highest BCUT2D eigenvalue weighted by Crippen LogP contribution is 2.37. The molecule has 1 aliphatic rings. The second kappa shape index (κ2) is 4.48. The minimum absolute atomic E-state index is 0.106. The standard InChI is InChI=1S/C14H8O2S2/c15-9-3-4-12(16)11(8-9)10-5-7-18-14(10)13-2-1-6-17-13/h1-8H. The maximum atomic E-state index is 11.9. The normalized spacial score (nSPS) is 15.0. The van der Waals surface area contributed by atoms with Gasteiger partial charge in [0.15, 0.2) is 11.6 Å². The van der Waals surface area contributed by atoms with Crippen LogP contribution in [0.4, 0.5) is 0 Å². The summed E-state index contributed by atoms with van der Waals surface area (Å²) in [5, 5.41) is 3.95. The van der Waals surface area contributed by atoms with Gasteiger partial charge in [-0.2, -0.15) is 0 Å². The van der Waals surface area contributed by atoms with Gasteiger partial charge in [-0.3, -0.25) is 9.59 Å². The van der Waals surface area contributed by atoms with Crippen molar-refractivity contribution in [3.8, 4) is 9.75 Å². The number of thiophene rings is 2. The Morgan fingerprint density at radius 2 is 1.83 bits per heavy atom. The summed E-state index contributed by atoms with van der Waals surface area (Å²) in [5.74, 6) is -0.237. The molecular weight excluding hydrogens is 264 g/mol. The molecule has 2 aromatic rings. The Morgan fingerprint density at radius 3 is 2.61 bits per heavy atom. The van der Waals surface area contributed by atoms with E-state index in [2.05, 4.69) is 0 Å². The Bertz CT molecular complexity index is 672. The van der Waals surface area contributed by atoms with Gasteiger partial charge < -0.3 is 0 Å². The van der Waals surface area contributed by atoms with Crippen LogP contribution >= 0.6 is 22.7 Å². The van der Waals surface area contributed by atoms with E-state index in [0.717, 1.165) is 15.3 Å². The van der Waals surface area contributed by atoms with Gasteiger partial charge in [0.25, 0.3) is 0 Å². The lowest BCUT2D eigenvalue weighted by atomic mass is 9.96. The van der Waals surface area contributed by atoms with Gasteiger partial charge in [0.05, 0.1) is 4.88 Å². The van der Waals surface area contributed by atoms with E-state index in [1.807, 2.05) is 29.0 Å². The molecular formula is C14H8O2S2. The zero-order valence-electron chi connectivity index (χ0n) is 9.25. The SMILES string of the molecule is O=C1C=CC(=O)C(c2ccsc2-c2cccs2)=C1. The fourth-order valence-electron chi connectivity index (χ4n) is 1.84. The van der Waals surface area contributed by atoms with Crippen LogP contribution in [0.1, 0.15) is 5.56 Å². The van der Waals surface area contributed by atoms with Crippen LogP contribution in [0.5, 0.6) is 0 Å². The maximum Gasteiger partial charge on any atom is 0.186 e. The Hall–Kier alpha value is -1.78. The summed E-state index contributed by atoms with van der Waals surface area (Å²) in [5.41, 5.74) is 1.34. The number of allylic oxidation sites excluding steroid dienone is 4. The number of ketones is 2. The smallest absolute Gasteiger partial charge is 0.186 e. The van der Waals surface area contributed by atoms with E-state index in [0.29, 0.717) is 5.57 Å². The van der Waals surface area contributed by atoms with E-state index in [4.69, 9.17) is 0 Å². The lowest BCUT2D eigenvalue weighted by Crippen LogP contribution is -2.06. The molecule has 0 N–H and O–H groups in total. The van der Waals surface area contributed by atoms with Gasteiger partial charge >= 0.3 is 0 Å². The molecule has 3 rings (SSSR count). The largest absolute Gasteiger partial charge is 0.290 e. The quantitative estimate of drug-likeness (QED) is 0.783. The molecule has 0 fully saturated rings. The van der Waals surface area contributed by atoms with E-state index in [-0.39, 0.29) is 11.6 Å². The van der Waals surface area contributed by atoms with Crippen LogP contribution in [0.25, 0.3) is 15.3 Å². The number of carbonyl (C=O) groups excluding carboxylic acids is 2. The number of rotatable bonds is 2. The summed E-state index contributed by atoms with van der Waals surface area (Å²) in [6.45, 7) is 0. The monoisotopic (exact) mass is 272 g/mol. The average Bonchev–Trinajstić information content (AvgIpc) is 3.00. The first-order valence-electron chi connectivity index (χ1n) is 5.35. The maximum absolute atomic E-state index is 11.9. The summed E-state index contributed by atoms with van der Waals surface area (Å²) in [7, 11) is 0. The molecule has 4 heteroatoms. The third-order valence-electron chi connectivity index (χ3n) is 2.65. The second-order valence-corrected chi connectivity index (χ2v) is 5.66. The van der Waals surface area contributed by atoms with Gasteiger partial charge in [0.2, 0.25) is 0 Å². The highest BCUT2D eigenvalue weighted by Gasteiger charge is 2.19. The van der Waals surface area contributed by atoms with Crippen LogP contribution in [0.15, 0.2) is 47.2 Å². The molecule has 0 bridgehead atoms. The molecule has 0 unspecified atom stereocenters. The van der Waals surface area contributed by atoms with E-state index in [9.17, 15) is 9.59 Å². The Kier molecular flexibility index (Phi) is 2.81. The van der Waals surface area contributed by atoms with Crippen LogP contribution in [-0.4, -0.2) is 11.6 Å². The van der Waals surface area contributed by atoms with Gasteiger partial charge in [-0.05, 0) is 41.1 Å². The van der Waals surface area contributed by atoms with Crippen molar-refractivity contribution in [1.82, 2.24) is 0 Å². The van der Waals surface area contributed by atoms with Crippen LogP contribution in [-0.2, 0) is 9.59 Å². The number of hydrogen-bond donors (Lipinski definition) is 0. The molecule has 0 aromatic carbocycles. The van der Waals surface area contributed by atoms with Crippen molar-refractivity contribution in [3.05, 3.63) is 52.8 Å². The average molecular weight is 272 g/mol. The molecule has 2 nitrogen and oxygen atoms in total. The second-order valence-electron chi connectivity index (χ2n) is 3.80. The van der Waals surface area contributed by atoms with Gasteiger partial charge in [0.1, 0.15) is 0 Å². The predicted octanol–water partition coefficient (Wildman–Crippen LogP) is 3.57. The summed E-state index contributed by atoms with van der Waals surface area (Å²) in [4.78, 5) is 25.4. The van der Waals surface area contributed by atoms with Gasteiger partial charge in [-0.15, -0.1) is 22.7 Å². The zero-order valence-corrected chi connectivity index (χ0v) is 10.9. The molecule has 0 atom stereocenters. The number of hydrogen-bond acceptors (Lipinski definition) is 4. The summed E-state index contributed by atoms with van der Waals surface area (Å²) in [6.07, 6.45) is 4.07. The van der Waals surface area contributed by atoms with Crippen molar-refractivity contribution < 1.29 is 9.59 Å². The van der Waals surface area contributed by atoms with Gasteiger partial charge in [-0.1, -0.05) is 6.07 Å². The molecule has 0 amide bonds. The third kappa shape index (κ3) is 1.89. The van der Waals surface area contributed by atoms with Gasteiger partial charge in [0, 0.05) is 16.0 Å². The summed E-state index contributed by atoms with van der Waals surface area (Å²) >= 11 is 3.22. The topological polar surface area (TPSA) is 34.1 Å². The minimum atomic E-state index is -0.132. The Labute approximate surface area is 112 Å². The van der Waals surface area contributed by atoms with E-state index in [1.54, 1.807) is 22.7 Å². The molecule has 2 heterocycles. The fourth-order valence-corrected chi connectivity index (χ4v) is 3.64. The van der Waals surface area contributed by atoms with Crippen LogP contribution < -0.4 is 0 Å². The Morgan fingerprint density at radius 1 is 0.944 bits per heavy atom. The molecule has 0 saturated heterocycles. The molecule has 0 aliphatic heterocycles. The van der Waals surface area contributed by atoms with E-state index in [1.165, 1.54) is 18.2 Å². The zero-order chi connectivity index (χ0) is 12.5. The first-order chi connectivity index (χ1) is 8.75. The van der Waals surface area contributed by atoms with Crippen LogP contribution in [0, 0.1) is 0 Å². The van der Waals surface area contributed by atoms with Crippen molar-refractivity contribution >= 4 is 39.8 Å². The van der Waals surface area contributed by atoms with E-state index >= 15 is 0 Å². The van der Waals surface area contributed by atoms with Crippen LogP contribution in [0.2, 0.25) is 0 Å². The number of carbonyl (C=O) groups is 2. The lowest BCUT2D eigenvalue weighted by molar-refractivity contribution is -0.113. The summed E-state index contributed by atoms with van der Waals surface area (Å²) < 4.78 is 0. The van der Waals surface area contributed by atoms with Crippen molar-refractivity contribution in [2.45, 2.75) is 0 Å². The minimum Gasteiger partial charge on any atom is -0.290 e. The Balaban J connectivity index is 2.12. The van der Waals surface area contributed by atoms with E-state index < -0.39 is 0 Å². The predicted molar refractivity (Wildman–Crippen MR) is 74.8 cm³/mol. The third-order valence-corrected chi connectivity index (χ3v) is 4.62. The molecule has 88 valence electrons. The molecule has 0 radical (unpaired) electrons. The molecule has 2 aromatic heterocycles. The lowest BCUT2D eigenvalue weighted by Gasteiger charge is -2.07. The highest BCUT2D eigenvalue weighted by atomic mass is 32.1. The molecule has 1 aliphatic carbocycles. The summed E-state index contributed by atoms with van der Waals surface area (Å²) in [6, 6.07) is 5.90. The molecule has 0 saturated carbocycles. The van der Waals surface area contributed by atoms with Crippen molar-refractivity contribution in [2.75, 3.05) is 0 Å². The molecule has 0 spiro atoms. The van der Waals surface area contributed by atoms with Gasteiger partial charge in [-0.25, -0.2) is 0 Å². The van der Waals surface area contributed by atoms with Crippen LogP contribution in [0.3, 0.4) is 0 Å². The van der Waals surface area contributed by atoms with Crippen molar-refractivity contribution in [1.29, 1.82) is 0 Å². The fraction of sp³-hybridized carbons (Fsp3) is 0. The van der Waals surface area contributed by atoms with Crippen molar-refractivity contribution in [2.24, 2.45) is 0 Å².